The molecule has 2 rings (SSSR count). The molecule has 0 saturated heterocycles. The average Bonchev–Trinajstić information content (AvgIpc) is 2.96. The Bertz CT molecular complexity index is 836. The lowest BCUT2D eigenvalue weighted by molar-refractivity contribution is -0.116. The minimum absolute atomic E-state index is 0. The zero-order valence-corrected chi connectivity index (χ0v) is 20.5. The highest BCUT2D eigenvalue weighted by Gasteiger charge is 2.07. The van der Waals surface area contributed by atoms with Crippen LogP contribution in [-0.2, 0) is 11.3 Å². The van der Waals surface area contributed by atoms with E-state index >= 15 is 0 Å². The van der Waals surface area contributed by atoms with Gasteiger partial charge in [0.25, 0.3) is 0 Å². The largest absolute Gasteiger partial charge is 0.356 e. The van der Waals surface area contributed by atoms with Crippen molar-refractivity contribution in [2.45, 2.75) is 40.2 Å². The maximum Gasteiger partial charge on any atom is 0.226 e. The summed E-state index contributed by atoms with van der Waals surface area (Å²) in [5.74, 6) is 0.577. The number of carbonyl (C=O) groups excluding carboxylic acids is 1. The number of carbonyl (C=O) groups is 1. The summed E-state index contributed by atoms with van der Waals surface area (Å²) in [6.07, 6.45) is 1.24. The van der Waals surface area contributed by atoms with E-state index in [-0.39, 0.29) is 29.9 Å². The number of aliphatic imine (C=N–C) groups is 1. The van der Waals surface area contributed by atoms with Crippen LogP contribution in [0.4, 0.5) is 5.69 Å². The molecular weight excluding hydrogens is 503 g/mol. The minimum Gasteiger partial charge on any atom is -0.356 e. The SMILES string of the molecule is CN=C(NCCCn1nc(C)cc1C)NCCC(=O)Nc1ccc(C)cc1Cl.I. The standard InChI is InChI=1S/C20H29ClN6O.HI/c1-14-6-7-18(17(21)12-14)25-19(28)8-10-24-20(22-4)23-9-5-11-27-16(3)13-15(2)26-27;/h6-7,12-13H,5,8-11H2,1-4H3,(H,25,28)(H2,22,23,24);1H. The van der Waals surface area contributed by atoms with Crippen molar-refractivity contribution in [3.05, 3.63) is 46.2 Å². The lowest BCUT2D eigenvalue weighted by atomic mass is 10.2. The van der Waals surface area contributed by atoms with Crippen molar-refractivity contribution in [1.29, 1.82) is 0 Å². The van der Waals surface area contributed by atoms with Gasteiger partial charge in [-0.05, 0) is 51.0 Å². The molecule has 0 bridgehead atoms. The van der Waals surface area contributed by atoms with E-state index in [1.807, 2.05) is 36.7 Å². The van der Waals surface area contributed by atoms with Gasteiger partial charge in [0.15, 0.2) is 5.96 Å². The van der Waals surface area contributed by atoms with E-state index in [0.717, 1.165) is 30.8 Å². The molecule has 0 aliphatic rings. The number of amides is 1. The molecule has 0 saturated carbocycles. The normalized spacial score (nSPS) is 11.0. The number of aryl methyl sites for hydroxylation is 4. The van der Waals surface area contributed by atoms with Gasteiger partial charge in [0.05, 0.1) is 16.4 Å². The highest BCUT2D eigenvalue weighted by atomic mass is 127. The minimum atomic E-state index is -0.0989. The Morgan fingerprint density at radius 2 is 1.90 bits per heavy atom. The molecule has 7 nitrogen and oxygen atoms in total. The fraction of sp³-hybridized carbons (Fsp3) is 0.450. The molecule has 0 fully saturated rings. The summed E-state index contributed by atoms with van der Waals surface area (Å²) < 4.78 is 2.01. The van der Waals surface area contributed by atoms with Crippen molar-refractivity contribution in [2.24, 2.45) is 4.99 Å². The fourth-order valence-corrected chi connectivity index (χ4v) is 3.07. The van der Waals surface area contributed by atoms with Gasteiger partial charge in [-0.1, -0.05) is 17.7 Å². The van der Waals surface area contributed by atoms with Crippen LogP contribution in [-0.4, -0.2) is 41.8 Å². The van der Waals surface area contributed by atoms with Crippen LogP contribution in [0.25, 0.3) is 0 Å². The fourth-order valence-electron chi connectivity index (χ4n) is 2.79. The predicted molar refractivity (Wildman–Crippen MR) is 131 cm³/mol. The van der Waals surface area contributed by atoms with E-state index in [2.05, 4.69) is 39.0 Å². The number of guanidine groups is 1. The van der Waals surface area contributed by atoms with Crippen LogP contribution in [0.3, 0.4) is 0 Å². The number of hydrogen-bond acceptors (Lipinski definition) is 3. The second kappa shape index (κ2) is 12.7. The van der Waals surface area contributed by atoms with Crippen molar-refractivity contribution >= 4 is 53.1 Å². The number of nitrogens with one attached hydrogen (secondary N) is 3. The highest BCUT2D eigenvalue weighted by Crippen LogP contribution is 2.22. The van der Waals surface area contributed by atoms with Gasteiger partial charge < -0.3 is 16.0 Å². The topological polar surface area (TPSA) is 83.3 Å². The lowest BCUT2D eigenvalue weighted by Gasteiger charge is -2.12. The van der Waals surface area contributed by atoms with Crippen molar-refractivity contribution < 1.29 is 4.79 Å². The summed E-state index contributed by atoms with van der Waals surface area (Å²) >= 11 is 6.14. The van der Waals surface area contributed by atoms with Crippen molar-refractivity contribution in [3.63, 3.8) is 0 Å². The predicted octanol–water partition coefficient (Wildman–Crippen LogP) is 3.66. The first-order valence-electron chi connectivity index (χ1n) is 9.40. The van der Waals surface area contributed by atoms with Gasteiger partial charge >= 0.3 is 0 Å². The summed E-state index contributed by atoms with van der Waals surface area (Å²) in [7, 11) is 1.71. The number of halogens is 2. The van der Waals surface area contributed by atoms with Crippen LogP contribution in [0.1, 0.15) is 29.8 Å². The zero-order chi connectivity index (χ0) is 20.5. The second-order valence-electron chi connectivity index (χ2n) is 6.71. The van der Waals surface area contributed by atoms with Crippen LogP contribution in [0.15, 0.2) is 29.3 Å². The van der Waals surface area contributed by atoms with E-state index in [4.69, 9.17) is 11.6 Å². The smallest absolute Gasteiger partial charge is 0.226 e. The maximum atomic E-state index is 12.1. The van der Waals surface area contributed by atoms with E-state index in [1.165, 1.54) is 5.69 Å². The number of aromatic nitrogens is 2. The molecule has 0 atom stereocenters. The molecule has 1 aromatic carbocycles. The summed E-state index contributed by atoms with van der Waals surface area (Å²) in [6.45, 7) is 8.11. The maximum absolute atomic E-state index is 12.1. The van der Waals surface area contributed by atoms with Gasteiger partial charge in [-0.2, -0.15) is 5.10 Å². The summed E-state index contributed by atoms with van der Waals surface area (Å²) in [6, 6.07) is 7.62. The quantitative estimate of drug-likeness (QED) is 0.210. The highest BCUT2D eigenvalue weighted by molar-refractivity contribution is 14.0. The number of anilines is 1. The summed E-state index contributed by atoms with van der Waals surface area (Å²) in [4.78, 5) is 16.3. The van der Waals surface area contributed by atoms with E-state index < -0.39 is 0 Å². The van der Waals surface area contributed by atoms with Crippen LogP contribution in [0, 0.1) is 20.8 Å². The molecule has 1 amide bonds. The molecule has 29 heavy (non-hydrogen) atoms. The lowest BCUT2D eigenvalue weighted by Crippen LogP contribution is -2.39. The first kappa shape index (κ1) is 25.2. The van der Waals surface area contributed by atoms with E-state index in [9.17, 15) is 4.79 Å². The van der Waals surface area contributed by atoms with Crippen LogP contribution >= 0.6 is 35.6 Å². The molecule has 2 aromatic rings. The Kier molecular flexibility index (Phi) is 11.0. The Labute approximate surface area is 194 Å². The molecule has 160 valence electrons. The van der Waals surface area contributed by atoms with Gasteiger partial charge in [0.2, 0.25) is 5.91 Å². The van der Waals surface area contributed by atoms with Crippen molar-refractivity contribution in [3.8, 4) is 0 Å². The second-order valence-corrected chi connectivity index (χ2v) is 7.12. The molecule has 0 radical (unpaired) electrons. The molecule has 1 heterocycles. The van der Waals surface area contributed by atoms with Crippen LogP contribution in [0.5, 0.6) is 0 Å². The molecule has 0 aliphatic heterocycles. The first-order valence-corrected chi connectivity index (χ1v) is 9.78. The van der Waals surface area contributed by atoms with Crippen molar-refractivity contribution in [1.82, 2.24) is 20.4 Å². The third kappa shape index (κ3) is 8.61. The molecular formula is C20H30ClIN6O. The Hall–Kier alpha value is -1.81. The summed E-state index contributed by atoms with van der Waals surface area (Å²) in [5.41, 5.74) is 3.88. The molecule has 0 spiro atoms. The zero-order valence-electron chi connectivity index (χ0n) is 17.4. The Morgan fingerprint density at radius 3 is 2.52 bits per heavy atom. The average molecular weight is 533 g/mol. The van der Waals surface area contributed by atoms with Gasteiger partial charge in [0.1, 0.15) is 0 Å². The number of nitrogens with zero attached hydrogens (tertiary/aromatic N) is 3. The monoisotopic (exact) mass is 532 g/mol. The Balaban J connectivity index is 0.00000420. The summed E-state index contributed by atoms with van der Waals surface area (Å²) in [5, 5.41) is 14.2. The van der Waals surface area contributed by atoms with E-state index in [1.54, 1.807) is 7.05 Å². The number of benzene rings is 1. The molecule has 9 heteroatoms. The van der Waals surface area contributed by atoms with Gasteiger partial charge in [-0.15, -0.1) is 24.0 Å². The Morgan fingerprint density at radius 1 is 1.17 bits per heavy atom. The number of hydrogen-bond donors (Lipinski definition) is 3. The van der Waals surface area contributed by atoms with Crippen molar-refractivity contribution in [2.75, 3.05) is 25.5 Å². The van der Waals surface area contributed by atoms with Crippen LogP contribution in [0.2, 0.25) is 5.02 Å². The van der Waals surface area contributed by atoms with Gasteiger partial charge in [-0.25, -0.2) is 0 Å². The molecule has 3 N–H and O–H groups in total. The van der Waals surface area contributed by atoms with Gasteiger partial charge in [-0.3, -0.25) is 14.5 Å². The molecule has 0 aliphatic carbocycles. The third-order valence-electron chi connectivity index (χ3n) is 4.21. The van der Waals surface area contributed by atoms with Gasteiger partial charge in [0, 0.05) is 38.8 Å². The molecule has 1 aromatic heterocycles. The third-order valence-corrected chi connectivity index (χ3v) is 4.52. The first-order chi connectivity index (χ1) is 13.4. The molecule has 0 unspecified atom stereocenters. The van der Waals surface area contributed by atoms with E-state index in [0.29, 0.717) is 29.6 Å². The number of rotatable bonds is 8. The van der Waals surface area contributed by atoms with Crippen LogP contribution < -0.4 is 16.0 Å².